The van der Waals surface area contributed by atoms with Crippen LogP contribution in [0.25, 0.3) is 0 Å². The minimum atomic E-state index is 0.0719. The van der Waals surface area contributed by atoms with Gasteiger partial charge in [-0.2, -0.15) is 5.10 Å². The van der Waals surface area contributed by atoms with Gasteiger partial charge in [-0.3, -0.25) is 14.8 Å². The van der Waals surface area contributed by atoms with Crippen LogP contribution in [0.1, 0.15) is 66.3 Å². The summed E-state index contributed by atoms with van der Waals surface area (Å²) in [5.74, 6) is 0.648. The highest BCUT2D eigenvalue weighted by molar-refractivity contribution is 5.92. The molecule has 0 radical (unpaired) electrons. The summed E-state index contributed by atoms with van der Waals surface area (Å²) < 4.78 is 0. The summed E-state index contributed by atoms with van der Waals surface area (Å²) in [6, 6.07) is 10.9. The topological polar surface area (TPSA) is 52.2 Å². The van der Waals surface area contributed by atoms with Crippen molar-refractivity contribution in [2.45, 2.75) is 52.5 Å². The number of piperidine rings is 1. The number of carbonyl (C=O) groups is 1. The molecule has 1 spiro atoms. The number of hydrogen-bond donors (Lipinski definition) is 1. The van der Waals surface area contributed by atoms with Gasteiger partial charge in [-0.1, -0.05) is 38.1 Å². The third kappa shape index (κ3) is 4.00. The number of H-pyrrole nitrogens is 1. The Balaban J connectivity index is 1.38. The predicted octanol–water partition coefficient (Wildman–Crippen LogP) is 3.97. The van der Waals surface area contributed by atoms with Crippen LogP contribution in [0.3, 0.4) is 0 Å². The standard InChI is InChI=1S/C23H32N4O/c1-17(2)20-7-5-19(6-8-20)14-26-11-4-9-23(15-26)10-12-27(16-23)22(28)21-13-18(3)24-25-21/h5-8,13,17H,4,9-12,14-16H2,1-3H3,(H,24,25)/t23-/m1/s1. The Morgan fingerprint density at radius 3 is 2.64 bits per heavy atom. The number of benzene rings is 1. The minimum absolute atomic E-state index is 0.0719. The van der Waals surface area contributed by atoms with Gasteiger partial charge in [0.2, 0.25) is 0 Å². The number of rotatable bonds is 4. The van der Waals surface area contributed by atoms with E-state index in [1.165, 1.54) is 24.0 Å². The summed E-state index contributed by atoms with van der Waals surface area (Å²) >= 11 is 0. The molecule has 28 heavy (non-hydrogen) atoms. The van der Waals surface area contributed by atoms with Crippen molar-refractivity contribution in [3.05, 3.63) is 52.8 Å². The van der Waals surface area contributed by atoms with Crippen molar-refractivity contribution in [3.8, 4) is 0 Å². The van der Waals surface area contributed by atoms with E-state index in [1.807, 2.05) is 17.9 Å². The molecular formula is C23H32N4O. The van der Waals surface area contributed by atoms with Gasteiger partial charge in [-0.15, -0.1) is 0 Å². The first-order chi connectivity index (χ1) is 13.4. The van der Waals surface area contributed by atoms with Crippen molar-refractivity contribution in [3.63, 3.8) is 0 Å². The molecule has 150 valence electrons. The predicted molar refractivity (Wildman–Crippen MR) is 111 cm³/mol. The summed E-state index contributed by atoms with van der Waals surface area (Å²) in [5, 5.41) is 7.04. The molecule has 2 aromatic rings. The molecule has 2 aliphatic rings. The highest BCUT2D eigenvalue weighted by Gasteiger charge is 2.43. The quantitative estimate of drug-likeness (QED) is 0.873. The fourth-order valence-electron chi connectivity index (χ4n) is 4.84. The second kappa shape index (κ2) is 7.70. The molecule has 1 N–H and O–H groups in total. The van der Waals surface area contributed by atoms with Crippen LogP contribution < -0.4 is 0 Å². The van der Waals surface area contributed by atoms with Crippen molar-refractivity contribution in [2.24, 2.45) is 5.41 Å². The maximum Gasteiger partial charge on any atom is 0.274 e. The first-order valence-corrected chi connectivity index (χ1v) is 10.6. The van der Waals surface area contributed by atoms with Gasteiger partial charge < -0.3 is 4.90 Å². The number of aryl methyl sites for hydroxylation is 1. The summed E-state index contributed by atoms with van der Waals surface area (Å²) in [6.07, 6.45) is 3.54. The Bertz CT molecular complexity index is 825. The molecule has 4 rings (SSSR count). The Kier molecular flexibility index (Phi) is 5.28. The van der Waals surface area contributed by atoms with E-state index >= 15 is 0 Å². The zero-order chi connectivity index (χ0) is 19.7. The maximum absolute atomic E-state index is 12.8. The maximum atomic E-state index is 12.8. The van der Waals surface area contributed by atoms with E-state index in [1.54, 1.807) is 0 Å². The molecule has 3 heterocycles. The van der Waals surface area contributed by atoms with Crippen LogP contribution in [-0.4, -0.2) is 52.1 Å². The summed E-state index contributed by atoms with van der Waals surface area (Å²) in [6.45, 7) is 11.4. The zero-order valence-corrected chi connectivity index (χ0v) is 17.4. The zero-order valence-electron chi connectivity index (χ0n) is 17.4. The molecule has 0 aliphatic carbocycles. The second-order valence-corrected chi connectivity index (χ2v) is 9.12. The lowest BCUT2D eigenvalue weighted by Gasteiger charge is -2.40. The number of nitrogens with zero attached hydrogens (tertiary/aromatic N) is 3. The Morgan fingerprint density at radius 1 is 1.18 bits per heavy atom. The molecule has 2 fully saturated rings. The van der Waals surface area contributed by atoms with E-state index < -0.39 is 0 Å². The number of amides is 1. The lowest BCUT2D eigenvalue weighted by atomic mass is 9.79. The van der Waals surface area contributed by atoms with E-state index in [2.05, 4.69) is 53.2 Å². The van der Waals surface area contributed by atoms with Gasteiger partial charge in [0.25, 0.3) is 5.91 Å². The number of aromatic amines is 1. The van der Waals surface area contributed by atoms with E-state index in [0.29, 0.717) is 11.6 Å². The van der Waals surface area contributed by atoms with Gasteiger partial charge >= 0.3 is 0 Å². The first-order valence-electron chi connectivity index (χ1n) is 10.6. The number of likely N-dealkylation sites (tertiary alicyclic amines) is 2. The van der Waals surface area contributed by atoms with E-state index in [4.69, 9.17) is 0 Å². The first kappa shape index (κ1) is 19.2. The van der Waals surface area contributed by atoms with E-state index in [9.17, 15) is 4.79 Å². The third-order valence-electron chi connectivity index (χ3n) is 6.44. The minimum Gasteiger partial charge on any atom is -0.337 e. The van der Waals surface area contributed by atoms with Gasteiger partial charge in [0.1, 0.15) is 5.69 Å². The van der Waals surface area contributed by atoms with Crippen molar-refractivity contribution in [1.29, 1.82) is 0 Å². The largest absolute Gasteiger partial charge is 0.337 e. The van der Waals surface area contributed by atoms with Crippen LogP contribution in [-0.2, 0) is 6.54 Å². The van der Waals surface area contributed by atoms with Gasteiger partial charge in [0.15, 0.2) is 0 Å². The van der Waals surface area contributed by atoms with Gasteiger partial charge in [-0.05, 0) is 55.8 Å². The van der Waals surface area contributed by atoms with Gasteiger partial charge in [0.05, 0.1) is 0 Å². The van der Waals surface area contributed by atoms with Gasteiger partial charge in [-0.25, -0.2) is 0 Å². The second-order valence-electron chi connectivity index (χ2n) is 9.12. The van der Waals surface area contributed by atoms with Gasteiger partial charge in [0, 0.05) is 37.3 Å². The average molecular weight is 381 g/mol. The highest BCUT2D eigenvalue weighted by Crippen LogP contribution is 2.39. The molecule has 0 saturated carbocycles. The summed E-state index contributed by atoms with van der Waals surface area (Å²) in [5.41, 5.74) is 4.52. The number of nitrogens with one attached hydrogen (secondary N) is 1. The molecule has 5 nitrogen and oxygen atoms in total. The molecule has 0 bridgehead atoms. The SMILES string of the molecule is Cc1cc(C(=O)N2CC[C@@]3(CCCN(Cc4ccc(C(C)C)cc4)C3)C2)n[nH]1. The Morgan fingerprint density at radius 2 is 1.96 bits per heavy atom. The average Bonchev–Trinajstić information content (AvgIpc) is 3.28. The molecule has 5 heteroatoms. The normalized spacial score (nSPS) is 23.1. The molecule has 1 atom stereocenters. The van der Waals surface area contributed by atoms with Crippen LogP contribution >= 0.6 is 0 Å². The van der Waals surface area contributed by atoms with Crippen LogP contribution in [0.2, 0.25) is 0 Å². The third-order valence-corrected chi connectivity index (χ3v) is 6.44. The molecule has 2 aliphatic heterocycles. The van der Waals surface area contributed by atoms with Crippen LogP contribution in [0, 0.1) is 12.3 Å². The monoisotopic (exact) mass is 380 g/mol. The smallest absolute Gasteiger partial charge is 0.274 e. The summed E-state index contributed by atoms with van der Waals surface area (Å²) in [4.78, 5) is 17.4. The van der Waals surface area contributed by atoms with E-state index in [0.717, 1.165) is 44.8 Å². The molecular weight excluding hydrogens is 348 g/mol. The van der Waals surface area contributed by atoms with Crippen molar-refractivity contribution < 1.29 is 4.79 Å². The molecule has 1 aromatic heterocycles. The highest BCUT2D eigenvalue weighted by atomic mass is 16.2. The lowest BCUT2D eigenvalue weighted by molar-refractivity contribution is 0.0671. The van der Waals surface area contributed by atoms with Crippen molar-refractivity contribution >= 4 is 5.91 Å². The summed E-state index contributed by atoms with van der Waals surface area (Å²) in [7, 11) is 0. The number of hydrogen-bond acceptors (Lipinski definition) is 3. The number of aromatic nitrogens is 2. The molecule has 1 aromatic carbocycles. The Labute approximate surface area is 168 Å². The molecule has 1 amide bonds. The Hall–Kier alpha value is -2.14. The fourth-order valence-corrected chi connectivity index (χ4v) is 4.84. The molecule has 2 saturated heterocycles. The van der Waals surface area contributed by atoms with Crippen molar-refractivity contribution in [1.82, 2.24) is 20.0 Å². The molecule has 0 unspecified atom stereocenters. The number of carbonyl (C=O) groups excluding carboxylic acids is 1. The van der Waals surface area contributed by atoms with Crippen LogP contribution in [0.15, 0.2) is 30.3 Å². The van der Waals surface area contributed by atoms with Crippen LogP contribution in [0.4, 0.5) is 0 Å². The van der Waals surface area contributed by atoms with E-state index in [-0.39, 0.29) is 11.3 Å². The fraction of sp³-hybridized carbons (Fsp3) is 0.565. The van der Waals surface area contributed by atoms with Crippen molar-refractivity contribution in [2.75, 3.05) is 26.2 Å². The van der Waals surface area contributed by atoms with Crippen LogP contribution in [0.5, 0.6) is 0 Å². The lowest BCUT2D eigenvalue weighted by Crippen LogP contribution is -2.45.